The lowest BCUT2D eigenvalue weighted by atomic mass is 9.94. The van der Waals surface area contributed by atoms with Crippen LogP contribution in [0.25, 0.3) is 5.76 Å². The third-order valence-electron chi connectivity index (χ3n) is 6.66. The largest absolute Gasteiger partial charge is 0.507 e. The van der Waals surface area contributed by atoms with Gasteiger partial charge in [0.1, 0.15) is 30.0 Å². The van der Waals surface area contributed by atoms with Gasteiger partial charge in [-0.3, -0.25) is 14.5 Å². The van der Waals surface area contributed by atoms with Crippen molar-refractivity contribution in [3.05, 3.63) is 112 Å². The molecular formula is C30H24N2O5S. The molecule has 3 heterocycles. The number of aliphatic hydroxyl groups is 1. The van der Waals surface area contributed by atoms with Gasteiger partial charge in [-0.15, -0.1) is 11.3 Å². The van der Waals surface area contributed by atoms with Gasteiger partial charge in [-0.25, -0.2) is 4.98 Å². The molecule has 7 nitrogen and oxygen atoms in total. The average Bonchev–Trinajstić information content (AvgIpc) is 3.65. The van der Waals surface area contributed by atoms with Gasteiger partial charge in [-0.1, -0.05) is 42.5 Å². The molecule has 0 radical (unpaired) electrons. The number of aliphatic hydroxyl groups excluding tert-OH is 1. The molecule has 2 atom stereocenters. The average molecular weight is 525 g/mol. The second kappa shape index (κ2) is 9.79. The van der Waals surface area contributed by atoms with Gasteiger partial charge in [-0.05, 0) is 53.9 Å². The Balaban J connectivity index is 1.42. The maximum Gasteiger partial charge on any atom is 0.301 e. The Morgan fingerprint density at radius 2 is 1.95 bits per heavy atom. The van der Waals surface area contributed by atoms with Crippen LogP contribution in [0.2, 0.25) is 0 Å². The van der Waals surface area contributed by atoms with E-state index >= 15 is 0 Å². The summed E-state index contributed by atoms with van der Waals surface area (Å²) in [5, 5.41) is 13.6. The van der Waals surface area contributed by atoms with Gasteiger partial charge in [0.05, 0.1) is 11.6 Å². The summed E-state index contributed by atoms with van der Waals surface area (Å²) >= 11 is 1.25. The van der Waals surface area contributed by atoms with Crippen molar-refractivity contribution in [1.82, 2.24) is 4.98 Å². The molecular weight excluding hydrogens is 500 g/mol. The fourth-order valence-electron chi connectivity index (χ4n) is 4.92. The van der Waals surface area contributed by atoms with Gasteiger partial charge in [0, 0.05) is 23.6 Å². The van der Waals surface area contributed by atoms with Crippen molar-refractivity contribution in [3.63, 3.8) is 0 Å². The second-order valence-corrected chi connectivity index (χ2v) is 10.2. The quantitative estimate of drug-likeness (QED) is 0.199. The summed E-state index contributed by atoms with van der Waals surface area (Å²) in [7, 11) is 0. The van der Waals surface area contributed by atoms with Crippen molar-refractivity contribution >= 4 is 33.9 Å². The molecule has 1 saturated heterocycles. The summed E-state index contributed by atoms with van der Waals surface area (Å²) in [6.07, 6.45) is 2.32. The predicted molar refractivity (Wildman–Crippen MR) is 144 cm³/mol. The Bertz CT molecular complexity index is 1550. The van der Waals surface area contributed by atoms with Crippen molar-refractivity contribution in [2.24, 2.45) is 0 Å². The normalized spacial score (nSPS) is 19.9. The summed E-state index contributed by atoms with van der Waals surface area (Å²) in [5.74, 6) is -0.383. The molecule has 0 spiro atoms. The van der Waals surface area contributed by atoms with E-state index < -0.39 is 17.7 Å². The number of hydrogen-bond acceptors (Lipinski definition) is 7. The molecule has 1 fully saturated rings. The molecule has 0 bridgehead atoms. The highest BCUT2D eigenvalue weighted by Crippen LogP contribution is 2.44. The highest BCUT2D eigenvalue weighted by Gasteiger charge is 2.48. The zero-order valence-electron chi connectivity index (χ0n) is 20.5. The van der Waals surface area contributed by atoms with Crippen molar-refractivity contribution in [2.75, 3.05) is 4.90 Å². The minimum Gasteiger partial charge on any atom is -0.507 e. The summed E-state index contributed by atoms with van der Waals surface area (Å²) in [6, 6.07) is 21.5. The van der Waals surface area contributed by atoms with Gasteiger partial charge in [0.25, 0.3) is 5.78 Å². The number of rotatable bonds is 6. The van der Waals surface area contributed by atoms with Crippen LogP contribution in [0.5, 0.6) is 11.5 Å². The van der Waals surface area contributed by atoms with Crippen molar-refractivity contribution in [2.45, 2.75) is 32.1 Å². The Kier molecular flexibility index (Phi) is 6.17. The second-order valence-electron chi connectivity index (χ2n) is 9.29. The van der Waals surface area contributed by atoms with Crippen molar-refractivity contribution in [1.29, 1.82) is 0 Å². The number of ether oxygens (including phenoxy) is 2. The third-order valence-corrected chi connectivity index (χ3v) is 7.43. The van der Waals surface area contributed by atoms with Crippen LogP contribution in [-0.2, 0) is 22.6 Å². The smallest absolute Gasteiger partial charge is 0.301 e. The summed E-state index contributed by atoms with van der Waals surface area (Å²) in [4.78, 5) is 32.4. The molecule has 6 rings (SSSR count). The van der Waals surface area contributed by atoms with E-state index in [1.807, 2.05) is 61.5 Å². The van der Waals surface area contributed by atoms with E-state index in [4.69, 9.17) is 9.47 Å². The molecule has 0 saturated carbocycles. The van der Waals surface area contributed by atoms with E-state index in [0.717, 1.165) is 16.9 Å². The first-order valence-corrected chi connectivity index (χ1v) is 13.1. The lowest BCUT2D eigenvalue weighted by Crippen LogP contribution is -2.29. The van der Waals surface area contributed by atoms with Gasteiger partial charge in [-0.2, -0.15) is 0 Å². The van der Waals surface area contributed by atoms with Crippen LogP contribution in [-0.4, -0.2) is 27.9 Å². The first kappa shape index (κ1) is 23.9. The molecule has 1 aromatic heterocycles. The van der Waals surface area contributed by atoms with E-state index in [1.54, 1.807) is 29.8 Å². The lowest BCUT2D eigenvalue weighted by Gasteiger charge is -2.23. The van der Waals surface area contributed by atoms with Gasteiger partial charge in [0.15, 0.2) is 5.13 Å². The number of hydrogen-bond donors (Lipinski definition) is 1. The van der Waals surface area contributed by atoms with Crippen LogP contribution >= 0.6 is 11.3 Å². The highest BCUT2D eigenvalue weighted by atomic mass is 32.1. The fourth-order valence-corrected chi connectivity index (χ4v) is 5.59. The molecule has 3 aromatic carbocycles. The fraction of sp³-hybridized carbons (Fsp3) is 0.167. The number of nitrogens with zero attached hydrogens (tertiary/aromatic N) is 2. The number of ketones is 1. The van der Waals surface area contributed by atoms with Crippen LogP contribution in [0.1, 0.15) is 35.2 Å². The van der Waals surface area contributed by atoms with E-state index in [1.165, 1.54) is 16.2 Å². The first-order chi connectivity index (χ1) is 18.5. The minimum absolute atomic E-state index is 0.0114. The SMILES string of the molecule is CC1Cc2cc(/C(O)=C3/C(=O)C(=O)N(c4nccs4)C3c3cccc(OCc4ccccc4)c3)ccc2O1. The molecule has 2 unspecified atom stereocenters. The Labute approximate surface area is 223 Å². The molecule has 2 aliphatic heterocycles. The van der Waals surface area contributed by atoms with Crippen LogP contribution in [0.4, 0.5) is 5.13 Å². The number of anilines is 1. The molecule has 0 aliphatic carbocycles. The molecule has 190 valence electrons. The topological polar surface area (TPSA) is 89.0 Å². The molecule has 1 amide bonds. The zero-order chi connectivity index (χ0) is 26.2. The number of carbonyl (C=O) groups excluding carboxylic acids is 2. The van der Waals surface area contributed by atoms with Crippen molar-refractivity contribution < 1.29 is 24.2 Å². The molecule has 4 aromatic rings. The minimum atomic E-state index is -0.871. The predicted octanol–water partition coefficient (Wildman–Crippen LogP) is 5.67. The molecule has 1 N–H and O–H groups in total. The maximum atomic E-state index is 13.4. The highest BCUT2D eigenvalue weighted by molar-refractivity contribution is 7.14. The first-order valence-electron chi connectivity index (χ1n) is 12.3. The van der Waals surface area contributed by atoms with Crippen LogP contribution in [0, 0.1) is 0 Å². The lowest BCUT2D eigenvalue weighted by molar-refractivity contribution is -0.132. The number of aromatic nitrogens is 1. The Hall–Kier alpha value is -4.43. The number of carbonyl (C=O) groups is 2. The van der Waals surface area contributed by atoms with Crippen LogP contribution in [0.15, 0.2) is 89.9 Å². The van der Waals surface area contributed by atoms with Gasteiger partial charge >= 0.3 is 5.91 Å². The van der Waals surface area contributed by atoms with E-state index in [0.29, 0.717) is 35.0 Å². The van der Waals surface area contributed by atoms with E-state index in [2.05, 4.69) is 4.98 Å². The van der Waals surface area contributed by atoms with E-state index in [9.17, 15) is 14.7 Å². The number of fused-ring (bicyclic) bond motifs is 1. The van der Waals surface area contributed by atoms with Crippen molar-refractivity contribution in [3.8, 4) is 11.5 Å². The third kappa shape index (κ3) is 4.33. The van der Waals surface area contributed by atoms with Gasteiger partial charge in [0.2, 0.25) is 0 Å². The van der Waals surface area contributed by atoms with Crippen LogP contribution < -0.4 is 14.4 Å². The number of thiazole rings is 1. The molecule has 38 heavy (non-hydrogen) atoms. The summed E-state index contributed by atoms with van der Waals surface area (Å²) in [5.41, 5.74) is 3.06. The monoisotopic (exact) mass is 524 g/mol. The number of Topliss-reactive ketones (excluding diaryl/α,β-unsaturated/α-hetero) is 1. The van der Waals surface area contributed by atoms with E-state index in [-0.39, 0.29) is 17.4 Å². The maximum absolute atomic E-state index is 13.4. The number of benzene rings is 3. The van der Waals surface area contributed by atoms with Gasteiger partial charge < -0.3 is 14.6 Å². The standard InChI is InChI=1S/C30H24N2O5S/c1-18-14-22-15-21(10-11-24(22)37-18)27(33)25-26(32(29(35)28(25)34)30-31-12-13-38-30)20-8-5-9-23(16-20)36-17-19-6-3-2-4-7-19/h2-13,15-16,18,26,33H,14,17H2,1H3/b27-25-. The molecule has 8 heteroatoms. The Morgan fingerprint density at radius 1 is 1.11 bits per heavy atom. The summed E-state index contributed by atoms with van der Waals surface area (Å²) < 4.78 is 11.8. The summed E-state index contributed by atoms with van der Waals surface area (Å²) in [6.45, 7) is 2.35. The molecule has 2 aliphatic rings. The zero-order valence-corrected chi connectivity index (χ0v) is 21.4. The Morgan fingerprint density at radius 3 is 2.74 bits per heavy atom. The number of amides is 1. The van der Waals surface area contributed by atoms with Crippen LogP contribution in [0.3, 0.4) is 0 Å².